The van der Waals surface area contributed by atoms with Crippen LogP contribution in [0.15, 0.2) is 33.7 Å². The van der Waals surface area contributed by atoms with E-state index in [0.717, 1.165) is 12.3 Å². The third-order valence-electron chi connectivity index (χ3n) is 8.33. The van der Waals surface area contributed by atoms with Crippen molar-refractivity contribution in [1.82, 2.24) is 0 Å². The fourth-order valence-corrected chi connectivity index (χ4v) is 5.62. The molecule has 0 radical (unpaired) electrons. The van der Waals surface area contributed by atoms with Crippen molar-refractivity contribution in [2.45, 2.75) is 61.4 Å². The Balaban J connectivity index is 1.43. The molecule has 8 N–H and O–H groups in total. The molecule has 49 heavy (non-hydrogen) atoms. The van der Waals surface area contributed by atoms with Gasteiger partial charge in [-0.3, -0.25) is 4.79 Å². The van der Waals surface area contributed by atoms with Gasteiger partial charge in [-0.15, -0.1) is 0 Å². The van der Waals surface area contributed by atoms with Gasteiger partial charge in [-0.25, -0.2) is 0 Å². The van der Waals surface area contributed by atoms with E-state index in [0.29, 0.717) is 11.5 Å². The second kappa shape index (κ2) is 14.9. The van der Waals surface area contributed by atoms with E-state index in [1.165, 1.54) is 40.6 Å². The molecule has 0 aliphatic carbocycles. The summed E-state index contributed by atoms with van der Waals surface area (Å²) < 4.78 is 49.5. The first-order chi connectivity index (χ1) is 23.4. The van der Waals surface area contributed by atoms with E-state index in [4.69, 9.17) is 42.3 Å². The fourth-order valence-electron chi connectivity index (χ4n) is 5.62. The molecule has 10 atom stereocenters. The molecule has 0 unspecified atom stereocenters. The lowest BCUT2D eigenvalue weighted by Gasteiger charge is -2.42. The Morgan fingerprint density at radius 1 is 0.673 bits per heavy atom. The summed E-state index contributed by atoms with van der Waals surface area (Å²) in [5, 5.41) is 82.3. The topological polar surface area (TPSA) is 266 Å². The summed E-state index contributed by atoms with van der Waals surface area (Å²) >= 11 is 0. The molecular formula is C31H38O18. The quantitative estimate of drug-likeness (QED) is 0.110. The number of phenols is 1. The minimum absolute atomic E-state index is 0.0123. The number of rotatable bonds is 11. The van der Waals surface area contributed by atoms with Crippen LogP contribution in [0.3, 0.4) is 0 Å². The van der Waals surface area contributed by atoms with Crippen LogP contribution >= 0.6 is 0 Å². The molecule has 0 spiro atoms. The number of hydrogen-bond acceptors (Lipinski definition) is 18. The van der Waals surface area contributed by atoms with Crippen LogP contribution in [0.4, 0.5) is 0 Å². The summed E-state index contributed by atoms with van der Waals surface area (Å²) in [6, 6.07) is 4.01. The Morgan fingerprint density at radius 2 is 1.27 bits per heavy atom. The summed E-state index contributed by atoms with van der Waals surface area (Å²) in [6.45, 7) is -1.31. The molecule has 18 nitrogen and oxygen atoms in total. The van der Waals surface area contributed by atoms with Gasteiger partial charge in [0.1, 0.15) is 72.0 Å². The average Bonchev–Trinajstić information content (AvgIpc) is 3.10. The van der Waals surface area contributed by atoms with E-state index in [9.17, 15) is 45.6 Å². The highest BCUT2D eigenvalue weighted by atomic mass is 16.7. The molecule has 3 aromatic rings. The number of fused-ring (bicyclic) bond motifs is 1. The minimum atomic E-state index is -1.87. The van der Waals surface area contributed by atoms with Crippen LogP contribution in [-0.2, 0) is 14.2 Å². The van der Waals surface area contributed by atoms with E-state index in [1.807, 2.05) is 0 Å². The summed E-state index contributed by atoms with van der Waals surface area (Å²) in [5.41, 5.74) is -0.689. The minimum Gasteiger partial charge on any atom is -0.507 e. The molecule has 2 aromatic carbocycles. The summed E-state index contributed by atoms with van der Waals surface area (Å²) in [5.74, 6) is -0.251. The Bertz CT molecular complexity index is 1670. The standard InChI is InChI=1S/C31H38O18/c1-41-14-7-16(43-3)15(42-2)5-11(14)12-9-45-29-20(21(12)34)13(33)6-17(28(29)44-4)47-31-27(40)25(38)23(36)19(49-31)10-46-30-26(39)24(37)22(35)18(8-32)48-30/h5-7,9,18-19,22-27,30-33,35-40H,8,10H2,1-4H3/t18-,19-,22-,23-,24+,25+,26+,27-,30-,31-/m1/s1. The van der Waals surface area contributed by atoms with Gasteiger partial charge in [0.05, 0.1) is 47.2 Å². The summed E-state index contributed by atoms with van der Waals surface area (Å²) in [6.07, 6.45) is -15.5. The van der Waals surface area contributed by atoms with Crippen molar-refractivity contribution >= 4 is 11.0 Å². The zero-order valence-corrected chi connectivity index (χ0v) is 26.7. The zero-order valence-electron chi connectivity index (χ0n) is 26.7. The summed E-state index contributed by atoms with van der Waals surface area (Å²) in [4.78, 5) is 13.8. The molecule has 18 heteroatoms. The first kappa shape index (κ1) is 36.3. The van der Waals surface area contributed by atoms with Crippen LogP contribution in [0.2, 0.25) is 0 Å². The third kappa shape index (κ3) is 6.67. The molecule has 3 heterocycles. The fraction of sp³-hybridized carbons (Fsp3) is 0.516. The number of hydrogen-bond donors (Lipinski definition) is 8. The predicted molar refractivity (Wildman–Crippen MR) is 163 cm³/mol. The maximum Gasteiger partial charge on any atom is 0.229 e. The number of aliphatic hydroxyl groups is 7. The highest BCUT2D eigenvalue weighted by Gasteiger charge is 2.48. The first-order valence-electron chi connectivity index (χ1n) is 14.8. The molecule has 2 aliphatic heterocycles. The van der Waals surface area contributed by atoms with Crippen LogP contribution in [0.5, 0.6) is 34.5 Å². The summed E-state index contributed by atoms with van der Waals surface area (Å²) in [7, 11) is 5.46. The van der Waals surface area contributed by atoms with Crippen LogP contribution < -0.4 is 29.1 Å². The first-order valence-corrected chi connectivity index (χ1v) is 14.8. The van der Waals surface area contributed by atoms with Crippen molar-refractivity contribution in [3.05, 3.63) is 34.7 Å². The van der Waals surface area contributed by atoms with Crippen molar-refractivity contribution < 1.29 is 83.2 Å². The highest BCUT2D eigenvalue weighted by Crippen LogP contribution is 2.44. The van der Waals surface area contributed by atoms with Gasteiger partial charge >= 0.3 is 0 Å². The van der Waals surface area contributed by atoms with E-state index < -0.39 is 85.8 Å². The normalized spacial score (nSPS) is 30.2. The van der Waals surface area contributed by atoms with Crippen LogP contribution in [-0.4, -0.2) is 144 Å². The highest BCUT2D eigenvalue weighted by molar-refractivity contribution is 5.93. The molecule has 1 aromatic heterocycles. The number of aromatic hydroxyl groups is 1. The predicted octanol–water partition coefficient (Wildman–Crippen LogP) is -1.80. The smallest absolute Gasteiger partial charge is 0.229 e. The van der Waals surface area contributed by atoms with Crippen molar-refractivity contribution in [3.63, 3.8) is 0 Å². The Hall–Kier alpha value is -3.95. The molecule has 0 amide bonds. The Morgan fingerprint density at radius 3 is 1.88 bits per heavy atom. The Labute approximate surface area is 277 Å². The van der Waals surface area contributed by atoms with Crippen molar-refractivity contribution in [3.8, 4) is 45.6 Å². The molecule has 5 rings (SSSR count). The van der Waals surface area contributed by atoms with Crippen LogP contribution in [0, 0.1) is 0 Å². The zero-order chi connectivity index (χ0) is 35.7. The largest absolute Gasteiger partial charge is 0.507 e. The SMILES string of the molecule is COc1cc(OC)c(-c2coc3c(OC)c(O[C@@H]4O[C@H](CO[C@@H]5O[C@H](CO)[C@@H](O)[C@H](O)[C@@H]5O)[C@@H](O)[C@H](O)[C@H]4O)cc(O)c3c2=O)cc1OC. The van der Waals surface area contributed by atoms with Gasteiger partial charge in [0.25, 0.3) is 0 Å². The number of benzene rings is 2. The maximum absolute atomic E-state index is 13.8. The number of methoxy groups -OCH3 is 4. The lowest BCUT2D eigenvalue weighted by molar-refractivity contribution is -0.323. The van der Waals surface area contributed by atoms with Crippen LogP contribution in [0.1, 0.15) is 0 Å². The second-order valence-corrected chi connectivity index (χ2v) is 11.2. The Kier molecular flexibility index (Phi) is 11.0. The van der Waals surface area contributed by atoms with Crippen molar-refractivity contribution in [1.29, 1.82) is 0 Å². The van der Waals surface area contributed by atoms with Gasteiger partial charge in [0.2, 0.25) is 17.5 Å². The van der Waals surface area contributed by atoms with Crippen molar-refractivity contribution in [2.75, 3.05) is 41.7 Å². The second-order valence-electron chi connectivity index (χ2n) is 11.2. The average molecular weight is 699 g/mol. The van der Waals surface area contributed by atoms with Gasteiger partial charge in [-0.05, 0) is 6.07 Å². The molecule has 2 fully saturated rings. The molecule has 0 bridgehead atoms. The number of aliphatic hydroxyl groups excluding tert-OH is 7. The molecule has 0 saturated carbocycles. The number of phenolic OH excluding ortho intramolecular Hbond substituents is 1. The molecular weight excluding hydrogens is 660 g/mol. The molecule has 2 saturated heterocycles. The third-order valence-corrected chi connectivity index (χ3v) is 8.33. The van der Waals surface area contributed by atoms with Gasteiger partial charge in [0, 0.05) is 17.7 Å². The van der Waals surface area contributed by atoms with Gasteiger partial charge in [-0.1, -0.05) is 0 Å². The maximum atomic E-state index is 13.8. The van der Waals surface area contributed by atoms with Gasteiger partial charge < -0.3 is 83.2 Å². The number of ether oxygens (including phenoxy) is 8. The van der Waals surface area contributed by atoms with E-state index in [2.05, 4.69) is 0 Å². The van der Waals surface area contributed by atoms with Gasteiger partial charge in [0.15, 0.2) is 29.1 Å². The van der Waals surface area contributed by atoms with E-state index in [1.54, 1.807) is 0 Å². The van der Waals surface area contributed by atoms with Gasteiger partial charge in [-0.2, -0.15) is 0 Å². The molecule has 2 aliphatic rings. The van der Waals surface area contributed by atoms with Crippen LogP contribution in [0.25, 0.3) is 22.1 Å². The monoisotopic (exact) mass is 698 g/mol. The van der Waals surface area contributed by atoms with E-state index >= 15 is 0 Å². The molecule has 270 valence electrons. The van der Waals surface area contributed by atoms with E-state index in [-0.39, 0.29) is 39.3 Å². The van der Waals surface area contributed by atoms with Crippen molar-refractivity contribution in [2.24, 2.45) is 0 Å². The lowest BCUT2D eigenvalue weighted by atomic mass is 9.98. The lowest BCUT2D eigenvalue weighted by Crippen LogP contribution is -2.62.